The van der Waals surface area contributed by atoms with E-state index >= 15 is 0 Å². The van der Waals surface area contributed by atoms with E-state index in [-0.39, 0.29) is 46.1 Å². The largest absolute Gasteiger partial charge is 1.00 e. The van der Waals surface area contributed by atoms with E-state index in [1.807, 2.05) is 0 Å². The summed E-state index contributed by atoms with van der Waals surface area (Å²) in [7, 11) is 0. The van der Waals surface area contributed by atoms with Crippen molar-refractivity contribution < 1.29 is 59.2 Å². The van der Waals surface area contributed by atoms with E-state index in [1.54, 1.807) is 6.08 Å². The van der Waals surface area contributed by atoms with Crippen LogP contribution in [0.25, 0.3) is 0 Å². The minimum absolute atomic E-state index is 0. The van der Waals surface area contributed by atoms with Gasteiger partial charge in [-0.3, -0.25) is 4.79 Å². The van der Waals surface area contributed by atoms with Crippen LogP contribution in [0.2, 0.25) is 0 Å². The van der Waals surface area contributed by atoms with Crippen LogP contribution in [0.1, 0.15) is 12.8 Å². The number of carboxylic acids is 1. The number of ether oxygens (including phenoxy) is 1. The van der Waals surface area contributed by atoms with E-state index in [9.17, 15) is 24.9 Å². The van der Waals surface area contributed by atoms with Crippen molar-refractivity contribution in [3.05, 3.63) is 24.2 Å². The maximum absolute atomic E-state index is 12.4. The summed E-state index contributed by atoms with van der Waals surface area (Å²) in [6.07, 6.45) is 3.22. The van der Waals surface area contributed by atoms with E-state index in [2.05, 4.69) is 0 Å². The average molecular weight is 367 g/mol. The van der Waals surface area contributed by atoms with E-state index < -0.39 is 36.0 Å². The molecule has 0 aromatic carbocycles. The number of rotatable bonds is 4. The number of allylic oxidation sites excluding steroid dienone is 3. The topological polar surface area (TPSA) is 107 Å². The fourth-order valence-electron chi connectivity index (χ4n) is 2.65. The van der Waals surface area contributed by atoms with Crippen molar-refractivity contribution in [1.82, 2.24) is 4.90 Å². The van der Waals surface area contributed by atoms with E-state index in [0.717, 1.165) is 4.90 Å². The van der Waals surface area contributed by atoms with Crippen LogP contribution in [-0.4, -0.2) is 54.7 Å². The van der Waals surface area contributed by atoms with Gasteiger partial charge in [-0.2, -0.15) is 0 Å². The molecule has 0 spiro atoms. The van der Waals surface area contributed by atoms with Crippen LogP contribution in [0.3, 0.4) is 0 Å². The molecule has 3 unspecified atom stereocenters. The van der Waals surface area contributed by atoms with Crippen molar-refractivity contribution in [2.24, 2.45) is 5.92 Å². The van der Waals surface area contributed by atoms with E-state index in [1.165, 1.54) is 12.3 Å². The van der Waals surface area contributed by atoms with Gasteiger partial charge in [-0.05, 0) is 25.0 Å². The summed E-state index contributed by atoms with van der Waals surface area (Å²) in [6.45, 7) is -0.834. The second kappa shape index (κ2) is 8.02. The molecular formula is C13H14NNaO6S2. The first-order chi connectivity index (χ1) is 10.3. The third-order valence-corrected chi connectivity index (χ3v) is 4.20. The molecule has 2 rings (SSSR count). The molecule has 0 aromatic rings. The fourth-order valence-corrected chi connectivity index (χ4v) is 3.22. The minimum atomic E-state index is -1.91. The maximum Gasteiger partial charge on any atom is 1.00 e. The van der Waals surface area contributed by atoms with Crippen molar-refractivity contribution in [3.63, 3.8) is 0 Å². The summed E-state index contributed by atoms with van der Waals surface area (Å²) >= 11 is 9.60. The van der Waals surface area contributed by atoms with Gasteiger partial charge < -0.3 is 49.8 Å². The summed E-state index contributed by atoms with van der Waals surface area (Å²) < 4.78 is 4.77. The number of aliphatic hydroxyl groups is 2. The van der Waals surface area contributed by atoms with Gasteiger partial charge in [-0.25, -0.2) is 4.79 Å². The SMILES string of the molecule is O=C(C1=CCC=CO1)C1CC(CO)(C(=O)O)N(C(=S)[S-])C1O.[Na+]. The Hall–Kier alpha value is -0.550. The number of hydrogen-bond acceptors (Lipinski definition) is 7. The Morgan fingerprint density at radius 3 is 2.57 bits per heavy atom. The number of aliphatic carboxylic acids is 1. The van der Waals surface area contributed by atoms with Gasteiger partial charge in [0.1, 0.15) is 6.23 Å². The number of thiocarbonyl (C=S) groups is 1. The number of Topliss-reactive ketones (excluding diaryl/α,β-unsaturated/α-hetero) is 1. The Morgan fingerprint density at radius 2 is 2.17 bits per heavy atom. The Labute approximate surface area is 165 Å². The number of carbonyl (C=O) groups excluding carboxylic acids is 1. The Balaban J connectivity index is 0.00000264. The van der Waals surface area contributed by atoms with Gasteiger partial charge in [-0.15, -0.1) is 0 Å². The second-order valence-corrected chi connectivity index (χ2v) is 6.04. The predicted octanol–water partition coefficient (Wildman–Crippen LogP) is -3.33. The molecule has 7 nitrogen and oxygen atoms in total. The van der Waals surface area contributed by atoms with Crippen molar-refractivity contribution in [1.29, 1.82) is 0 Å². The smallest absolute Gasteiger partial charge is 0.479 e. The number of hydrogen-bond donors (Lipinski definition) is 3. The summed E-state index contributed by atoms with van der Waals surface area (Å²) in [5.74, 6) is -3.04. The number of carboxylic acid groups (broad SMARTS) is 1. The second-order valence-electron chi connectivity index (χ2n) is 5.01. The van der Waals surface area contributed by atoms with Crippen LogP contribution in [0.4, 0.5) is 0 Å². The molecule has 3 N–H and O–H groups in total. The fraction of sp³-hybridized carbons (Fsp3) is 0.462. The zero-order valence-corrected chi connectivity index (χ0v) is 16.0. The molecule has 2 aliphatic rings. The monoisotopic (exact) mass is 367 g/mol. The van der Waals surface area contributed by atoms with Crippen molar-refractivity contribution in [2.45, 2.75) is 24.6 Å². The van der Waals surface area contributed by atoms with Gasteiger partial charge in [-0.1, -0.05) is 4.32 Å². The average Bonchev–Trinajstić information content (AvgIpc) is 2.81. The van der Waals surface area contributed by atoms with Gasteiger partial charge in [0.15, 0.2) is 11.3 Å². The molecule has 0 saturated carbocycles. The van der Waals surface area contributed by atoms with Crippen LogP contribution in [0.15, 0.2) is 24.2 Å². The predicted molar refractivity (Wildman–Crippen MR) is 81.3 cm³/mol. The Bertz CT molecular complexity index is 581. The van der Waals surface area contributed by atoms with Gasteiger partial charge >= 0.3 is 35.5 Å². The third-order valence-electron chi connectivity index (χ3n) is 3.81. The molecule has 3 atom stereocenters. The summed E-state index contributed by atoms with van der Waals surface area (Å²) in [6, 6.07) is 0. The zero-order chi connectivity index (χ0) is 16.5. The molecule has 1 saturated heterocycles. The third kappa shape index (κ3) is 3.60. The molecule has 23 heavy (non-hydrogen) atoms. The number of ketones is 1. The van der Waals surface area contributed by atoms with E-state index in [4.69, 9.17) is 29.6 Å². The normalized spacial score (nSPS) is 29.3. The minimum Gasteiger partial charge on any atom is -0.479 e. The summed E-state index contributed by atoms with van der Waals surface area (Å²) in [4.78, 5) is 24.8. The zero-order valence-electron chi connectivity index (χ0n) is 12.3. The molecule has 10 heteroatoms. The molecule has 0 radical (unpaired) electrons. The number of nitrogens with zero attached hydrogens (tertiary/aromatic N) is 1. The van der Waals surface area contributed by atoms with E-state index in [0.29, 0.717) is 6.42 Å². The first kappa shape index (κ1) is 20.5. The molecular weight excluding hydrogens is 353 g/mol. The summed E-state index contributed by atoms with van der Waals surface area (Å²) in [5, 5.41) is 29.3. The molecule has 2 aliphatic heterocycles. The van der Waals surface area contributed by atoms with Crippen molar-refractivity contribution >= 4 is 40.9 Å². The first-order valence-electron chi connectivity index (χ1n) is 6.44. The molecule has 0 aromatic heterocycles. The Kier molecular flexibility index (Phi) is 7.14. The van der Waals surface area contributed by atoms with Gasteiger partial charge in [0.2, 0.25) is 5.78 Å². The number of aliphatic hydroxyl groups excluding tert-OH is 2. The van der Waals surface area contributed by atoms with Gasteiger partial charge in [0.25, 0.3) is 0 Å². The summed E-state index contributed by atoms with van der Waals surface area (Å²) in [5.41, 5.74) is -1.91. The maximum atomic E-state index is 12.4. The number of carbonyl (C=O) groups is 2. The number of likely N-dealkylation sites (tertiary alicyclic amines) is 1. The molecule has 0 amide bonds. The molecule has 0 aliphatic carbocycles. The van der Waals surface area contributed by atoms with Crippen LogP contribution < -0.4 is 29.6 Å². The van der Waals surface area contributed by atoms with Crippen LogP contribution in [0.5, 0.6) is 0 Å². The van der Waals surface area contributed by atoms with Crippen LogP contribution in [-0.2, 0) is 27.0 Å². The van der Waals surface area contributed by atoms with Crippen LogP contribution >= 0.6 is 12.2 Å². The van der Waals surface area contributed by atoms with Gasteiger partial charge in [0, 0.05) is 0 Å². The van der Waals surface area contributed by atoms with Crippen molar-refractivity contribution in [3.8, 4) is 0 Å². The van der Waals surface area contributed by atoms with Crippen LogP contribution in [0, 0.1) is 5.92 Å². The van der Waals surface area contributed by atoms with Gasteiger partial charge in [0.05, 0.1) is 18.8 Å². The molecule has 1 fully saturated rings. The first-order valence-corrected chi connectivity index (χ1v) is 7.25. The molecule has 2 heterocycles. The Morgan fingerprint density at radius 1 is 1.52 bits per heavy atom. The molecule has 120 valence electrons. The van der Waals surface area contributed by atoms with Crippen molar-refractivity contribution in [2.75, 3.05) is 6.61 Å². The quantitative estimate of drug-likeness (QED) is 0.267. The molecule has 0 bridgehead atoms. The standard InChI is InChI=1S/C13H15NO6S2.Na/c15-6-13(11(18)19)5-7(10(17)14(13)12(21)22)9(16)8-3-1-2-4-20-8;/h2-4,7,10,15,17H,1,5-6H2,(H,18,19)(H,21,22);/q;+1/p-1.